The quantitative estimate of drug-likeness (QED) is 0.909. The van der Waals surface area contributed by atoms with E-state index in [1.807, 2.05) is 39.0 Å². The number of nitrogens with zero attached hydrogens (tertiary/aromatic N) is 1. The molecule has 1 aromatic carbocycles. The van der Waals surface area contributed by atoms with Gasteiger partial charge in [0.15, 0.2) is 0 Å². The van der Waals surface area contributed by atoms with Crippen molar-refractivity contribution in [3.63, 3.8) is 0 Å². The molecule has 1 fully saturated rings. The van der Waals surface area contributed by atoms with E-state index < -0.39 is 11.4 Å². The number of carbonyl (C=O) groups is 2. The van der Waals surface area contributed by atoms with E-state index in [9.17, 15) is 14.7 Å². The number of benzene rings is 1. The first-order chi connectivity index (χ1) is 8.91. The number of hydrogen-bond acceptors (Lipinski definition) is 2. The molecule has 102 valence electrons. The maximum atomic E-state index is 12.2. The molecule has 4 heteroatoms. The summed E-state index contributed by atoms with van der Waals surface area (Å²) in [4.78, 5) is 25.3. The van der Waals surface area contributed by atoms with E-state index in [1.165, 1.54) is 0 Å². The Morgan fingerprint density at radius 1 is 1.37 bits per heavy atom. The molecule has 1 N–H and O–H groups in total. The van der Waals surface area contributed by atoms with Gasteiger partial charge in [0.2, 0.25) is 5.91 Å². The summed E-state index contributed by atoms with van der Waals surface area (Å²) < 4.78 is 0. The second kappa shape index (κ2) is 4.68. The van der Waals surface area contributed by atoms with Crippen LogP contribution in [0.15, 0.2) is 18.2 Å². The van der Waals surface area contributed by atoms with E-state index in [1.54, 1.807) is 4.90 Å². The van der Waals surface area contributed by atoms with E-state index in [2.05, 4.69) is 0 Å². The van der Waals surface area contributed by atoms with Gasteiger partial charge < -0.3 is 10.0 Å². The third kappa shape index (κ3) is 2.11. The summed E-state index contributed by atoms with van der Waals surface area (Å²) in [5.74, 6) is -0.973. The van der Waals surface area contributed by atoms with Crippen LogP contribution in [0, 0.1) is 19.3 Å². The van der Waals surface area contributed by atoms with Gasteiger partial charge in [0.1, 0.15) is 0 Å². The predicted octanol–water partition coefficient (Wildman–Crippen LogP) is 2.52. The molecule has 0 saturated carbocycles. The van der Waals surface area contributed by atoms with Crippen LogP contribution in [0.1, 0.15) is 30.9 Å². The maximum absolute atomic E-state index is 12.2. The van der Waals surface area contributed by atoms with Crippen molar-refractivity contribution in [3.05, 3.63) is 29.3 Å². The molecule has 1 aliphatic rings. The summed E-state index contributed by atoms with van der Waals surface area (Å²) in [7, 11) is 0. The molecule has 19 heavy (non-hydrogen) atoms. The number of aryl methyl sites for hydroxylation is 2. The molecule has 4 nitrogen and oxygen atoms in total. The van der Waals surface area contributed by atoms with Gasteiger partial charge in [-0.3, -0.25) is 9.59 Å². The summed E-state index contributed by atoms with van der Waals surface area (Å²) in [6.07, 6.45) is 0.558. The maximum Gasteiger partial charge on any atom is 0.311 e. The summed E-state index contributed by atoms with van der Waals surface area (Å²) in [5.41, 5.74) is 1.94. The molecular weight excluding hydrogens is 242 g/mol. The second-order valence-corrected chi connectivity index (χ2v) is 5.34. The van der Waals surface area contributed by atoms with Crippen LogP contribution in [-0.2, 0) is 9.59 Å². The molecule has 1 amide bonds. The molecule has 1 aliphatic heterocycles. The van der Waals surface area contributed by atoms with Crippen LogP contribution >= 0.6 is 0 Å². The molecule has 1 saturated heterocycles. The lowest BCUT2D eigenvalue weighted by Crippen LogP contribution is -2.34. The monoisotopic (exact) mass is 261 g/mol. The lowest BCUT2D eigenvalue weighted by molar-refractivity contribution is -0.148. The van der Waals surface area contributed by atoms with Crippen LogP contribution in [0.2, 0.25) is 0 Å². The minimum absolute atomic E-state index is 0.0899. The summed E-state index contributed by atoms with van der Waals surface area (Å²) >= 11 is 0. The number of carboxylic acid groups (broad SMARTS) is 1. The van der Waals surface area contributed by atoms with Crippen LogP contribution in [0.3, 0.4) is 0 Å². The highest BCUT2D eigenvalue weighted by Gasteiger charge is 2.48. The molecule has 1 heterocycles. The van der Waals surface area contributed by atoms with Gasteiger partial charge in [-0.1, -0.05) is 25.1 Å². The van der Waals surface area contributed by atoms with Gasteiger partial charge in [-0.25, -0.2) is 0 Å². The van der Waals surface area contributed by atoms with Crippen molar-refractivity contribution in [1.82, 2.24) is 0 Å². The number of carboxylic acids is 1. The Kier molecular flexibility index (Phi) is 3.35. The fraction of sp³-hybridized carbons (Fsp3) is 0.467. The van der Waals surface area contributed by atoms with Crippen molar-refractivity contribution in [1.29, 1.82) is 0 Å². The Hall–Kier alpha value is -1.84. The van der Waals surface area contributed by atoms with Crippen molar-refractivity contribution in [3.8, 4) is 0 Å². The molecule has 2 rings (SSSR count). The molecule has 0 spiro atoms. The number of aliphatic carboxylic acids is 1. The fourth-order valence-corrected chi connectivity index (χ4v) is 2.80. The highest BCUT2D eigenvalue weighted by atomic mass is 16.4. The van der Waals surface area contributed by atoms with Crippen LogP contribution < -0.4 is 4.90 Å². The van der Waals surface area contributed by atoms with Gasteiger partial charge in [0, 0.05) is 18.7 Å². The number of anilines is 1. The molecule has 1 aromatic rings. The molecule has 0 aromatic heterocycles. The molecule has 0 unspecified atom stereocenters. The van der Waals surface area contributed by atoms with Gasteiger partial charge in [0.05, 0.1) is 5.41 Å². The summed E-state index contributed by atoms with van der Waals surface area (Å²) in [6.45, 7) is 5.99. The van der Waals surface area contributed by atoms with Gasteiger partial charge in [-0.2, -0.15) is 0 Å². The van der Waals surface area contributed by atoms with Crippen molar-refractivity contribution in [2.24, 2.45) is 5.41 Å². The zero-order chi connectivity index (χ0) is 14.2. The first kappa shape index (κ1) is 13.6. The van der Waals surface area contributed by atoms with Crippen molar-refractivity contribution in [2.75, 3.05) is 11.4 Å². The van der Waals surface area contributed by atoms with Crippen LogP contribution in [0.25, 0.3) is 0 Å². The molecule has 0 radical (unpaired) electrons. The summed E-state index contributed by atoms with van der Waals surface area (Å²) in [5, 5.41) is 9.41. The highest BCUT2D eigenvalue weighted by molar-refractivity contribution is 6.01. The third-order valence-corrected chi connectivity index (χ3v) is 4.09. The minimum Gasteiger partial charge on any atom is -0.481 e. The Morgan fingerprint density at radius 3 is 2.37 bits per heavy atom. The first-order valence-electron chi connectivity index (χ1n) is 6.51. The minimum atomic E-state index is -0.939. The number of amides is 1. The highest BCUT2D eigenvalue weighted by Crippen LogP contribution is 2.39. The van der Waals surface area contributed by atoms with E-state index in [0.717, 1.165) is 16.8 Å². The van der Waals surface area contributed by atoms with Gasteiger partial charge >= 0.3 is 5.97 Å². The normalized spacial score (nSPS) is 22.9. The topological polar surface area (TPSA) is 57.6 Å². The molecular formula is C15H19NO3. The Bertz CT molecular complexity index is 518. The fourth-order valence-electron chi connectivity index (χ4n) is 2.80. The lowest BCUT2D eigenvalue weighted by atomic mass is 9.84. The van der Waals surface area contributed by atoms with Crippen LogP contribution in [-0.4, -0.2) is 23.5 Å². The Balaban J connectivity index is 2.43. The van der Waals surface area contributed by atoms with Gasteiger partial charge in [0.25, 0.3) is 0 Å². The number of rotatable bonds is 3. The number of carbonyl (C=O) groups excluding carboxylic acids is 1. The standard InChI is InChI=1S/C15H19NO3/c1-4-15(14(18)19)8-12(17)16(9-15)13-10(2)6-5-7-11(13)3/h5-7H,4,8-9H2,1-3H3,(H,18,19)/t15-/m0/s1. The van der Waals surface area contributed by atoms with Crippen molar-refractivity contribution in [2.45, 2.75) is 33.6 Å². The number of hydrogen-bond donors (Lipinski definition) is 1. The summed E-state index contributed by atoms with van der Waals surface area (Å²) in [6, 6.07) is 5.84. The molecule has 0 aliphatic carbocycles. The average Bonchev–Trinajstić information content (AvgIpc) is 2.68. The zero-order valence-corrected chi connectivity index (χ0v) is 11.6. The van der Waals surface area contributed by atoms with Crippen molar-refractivity contribution < 1.29 is 14.7 Å². The first-order valence-corrected chi connectivity index (χ1v) is 6.51. The molecule has 1 atom stereocenters. The van der Waals surface area contributed by atoms with Crippen molar-refractivity contribution >= 4 is 17.6 Å². The second-order valence-electron chi connectivity index (χ2n) is 5.34. The van der Waals surface area contributed by atoms with Crippen LogP contribution in [0.4, 0.5) is 5.69 Å². The van der Waals surface area contributed by atoms with Gasteiger partial charge in [-0.15, -0.1) is 0 Å². The predicted molar refractivity (Wildman–Crippen MR) is 73.2 cm³/mol. The average molecular weight is 261 g/mol. The zero-order valence-electron chi connectivity index (χ0n) is 11.6. The SMILES string of the molecule is CC[C@]1(C(=O)O)CC(=O)N(c2c(C)cccc2C)C1. The van der Waals surface area contributed by atoms with E-state index in [4.69, 9.17) is 0 Å². The smallest absolute Gasteiger partial charge is 0.311 e. The van der Waals surface area contributed by atoms with E-state index in [0.29, 0.717) is 6.42 Å². The molecule has 0 bridgehead atoms. The van der Waals surface area contributed by atoms with Gasteiger partial charge in [-0.05, 0) is 31.4 Å². The largest absolute Gasteiger partial charge is 0.481 e. The van der Waals surface area contributed by atoms with E-state index in [-0.39, 0.29) is 18.9 Å². The Morgan fingerprint density at radius 2 is 1.95 bits per heavy atom. The Labute approximate surface area is 113 Å². The van der Waals surface area contributed by atoms with Crippen LogP contribution in [0.5, 0.6) is 0 Å². The lowest BCUT2D eigenvalue weighted by Gasteiger charge is -2.25. The van der Waals surface area contributed by atoms with E-state index >= 15 is 0 Å². The number of para-hydroxylation sites is 1. The third-order valence-electron chi connectivity index (χ3n) is 4.09.